The lowest BCUT2D eigenvalue weighted by molar-refractivity contribution is 0.0743. The van der Waals surface area contributed by atoms with Gasteiger partial charge in [0.15, 0.2) is 0 Å². The Labute approximate surface area is 114 Å². The third-order valence-electron chi connectivity index (χ3n) is 3.02. The predicted octanol–water partition coefficient (Wildman–Crippen LogP) is 3.38. The van der Waals surface area contributed by atoms with Gasteiger partial charge in [-0.1, -0.05) is 30.3 Å². The highest BCUT2D eigenvalue weighted by atomic mass is 16.5. The minimum Gasteiger partial charge on any atom is -0.467 e. The summed E-state index contributed by atoms with van der Waals surface area (Å²) in [6, 6.07) is 14.3. The van der Waals surface area contributed by atoms with E-state index in [-0.39, 0.29) is 12.1 Å². The summed E-state index contributed by atoms with van der Waals surface area (Å²) in [5, 5.41) is 3.50. The zero-order chi connectivity index (χ0) is 13.5. The summed E-state index contributed by atoms with van der Waals surface area (Å²) in [7, 11) is 0. The van der Waals surface area contributed by atoms with E-state index in [1.165, 1.54) is 5.56 Å². The van der Waals surface area contributed by atoms with Crippen LogP contribution in [0.4, 0.5) is 0 Å². The molecule has 0 bridgehead atoms. The molecule has 0 saturated carbocycles. The highest BCUT2D eigenvalue weighted by Gasteiger charge is 2.16. The Morgan fingerprint density at radius 1 is 1.16 bits per heavy atom. The molecule has 0 fully saturated rings. The van der Waals surface area contributed by atoms with E-state index in [0.717, 1.165) is 18.9 Å². The maximum Gasteiger partial charge on any atom is 0.125 e. The summed E-state index contributed by atoms with van der Waals surface area (Å²) in [6.07, 6.45) is 1.89. The van der Waals surface area contributed by atoms with Crippen LogP contribution in [0.2, 0.25) is 0 Å². The van der Waals surface area contributed by atoms with Gasteiger partial charge < -0.3 is 14.5 Å². The maximum atomic E-state index is 5.55. The maximum absolute atomic E-state index is 5.55. The normalized spacial score (nSPS) is 14.2. The molecule has 0 spiro atoms. The van der Waals surface area contributed by atoms with Crippen LogP contribution >= 0.6 is 0 Å². The van der Waals surface area contributed by atoms with E-state index < -0.39 is 0 Å². The van der Waals surface area contributed by atoms with Crippen molar-refractivity contribution in [3.63, 3.8) is 0 Å². The van der Waals surface area contributed by atoms with E-state index in [0.29, 0.717) is 0 Å². The van der Waals surface area contributed by atoms with E-state index in [1.54, 1.807) is 6.26 Å². The number of nitrogens with one attached hydrogen (secondary N) is 1. The fourth-order valence-electron chi connectivity index (χ4n) is 2.11. The van der Waals surface area contributed by atoms with Crippen LogP contribution in [0, 0.1) is 0 Å². The first-order valence-corrected chi connectivity index (χ1v) is 6.74. The van der Waals surface area contributed by atoms with E-state index in [2.05, 4.69) is 24.4 Å². The molecule has 2 aromatic rings. The lowest BCUT2D eigenvalue weighted by Gasteiger charge is -2.20. The number of rotatable bonds is 7. The first-order chi connectivity index (χ1) is 9.31. The Bertz CT molecular complexity index is 453. The standard InChI is InChI=1S/C16H21NO2/c1-3-18-13(2)12-17-16(15-10-7-11-19-15)14-8-5-4-6-9-14/h4-11,13,16-17H,3,12H2,1-2H3. The summed E-state index contributed by atoms with van der Waals surface area (Å²) in [4.78, 5) is 0. The number of hydrogen-bond acceptors (Lipinski definition) is 3. The molecule has 2 atom stereocenters. The van der Waals surface area contributed by atoms with Gasteiger partial charge in [-0.3, -0.25) is 0 Å². The molecule has 1 aromatic carbocycles. The van der Waals surface area contributed by atoms with Crippen LogP contribution < -0.4 is 5.32 Å². The summed E-state index contributed by atoms with van der Waals surface area (Å²) in [5.74, 6) is 0.926. The van der Waals surface area contributed by atoms with Crippen LogP contribution in [-0.2, 0) is 4.74 Å². The van der Waals surface area contributed by atoms with Crippen LogP contribution in [0.25, 0.3) is 0 Å². The Balaban J connectivity index is 2.08. The van der Waals surface area contributed by atoms with E-state index >= 15 is 0 Å². The molecule has 2 rings (SSSR count). The zero-order valence-electron chi connectivity index (χ0n) is 11.5. The highest BCUT2D eigenvalue weighted by molar-refractivity contribution is 5.26. The van der Waals surface area contributed by atoms with E-state index in [4.69, 9.17) is 9.15 Å². The van der Waals surface area contributed by atoms with Gasteiger partial charge in [0.05, 0.1) is 18.4 Å². The molecule has 0 amide bonds. The van der Waals surface area contributed by atoms with Crippen molar-refractivity contribution in [2.45, 2.75) is 26.0 Å². The molecule has 102 valence electrons. The second-order valence-corrected chi connectivity index (χ2v) is 4.53. The molecule has 0 radical (unpaired) electrons. The van der Waals surface area contributed by atoms with Crippen LogP contribution in [-0.4, -0.2) is 19.3 Å². The van der Waals surface area contributed by atoms with Gasteiger partial charge in [0.25, 0.3) is 0 Å². The van der Waals surface area contributed by atoms with Crippen LogP contribution in [0.5, 0.6) is 0 Å². The lowest BCUT2D eigenvalue weighted by Crippen LogP contribution is -2.30. The molecule has 3 heteroatoms. The van der Waals surface area contributed by atoms with Crippen molar-refractivity contribution < 1.29 is 9.15 Å². The topological polar surface area (TPSA) is 34.4 Å². The molecule has 0 aliphatic heterocycles. The predicted molar refractivity (Wildman–Crippen MR) is 76.1 cm³/mol. The molecule has 3 nitrogen and oxygen atoms in total. The first kappa shape index (κ1) is 13.8. The molecule has 1 N–H and O–H groups in total. The van der Waals surface area contributed by atoms with Gasteiger partial charge in [-0.05, 0) is 31.5 Å². The molecule has 0 aliphatic carbocycles. The minimum absolute atomic E-state index is 0.0686. The molecular weight excluding hydrogens is 238 g/mol. The van der Waals surface area contributed by atoms with E-state index in [1.807, 2.05) is 37.3 Å². The van der Waals surface area contributed by atoms with Gasteiger partial charge >= 0.3 is 0 Å². The van der Waals surface area contributed by atoms with Gasteiger partial charge in [0.2, 0.25) is 0 Å². The average molecular weight is 259 g/mol. The highest BCUT2D eigenvalue weighted by Crippen LogP contribution is 2.22. The lowest BCUT2D eigenvalue weighted by atomic mass is 10.0. The zero-order valence-corrected chi connectivity index (χ0v) is 11.5. The smallest absolute Gasteiger partial charge is 0.125 e. The number of ether oxygens (including phenoxy) is 1. The molecule has 1 aromatic heterocycles. The molecule has 2 unspecified atom stereocenters. The first-order valence-electron chi connectivity index (χ1n) is 6.74. The van der Waals surface area contributed by atoms with E-state index in [9.17, 15) is 0 Å². The van der Waals surface area contributed by atoms with Crippen molar-refractivity contribution in [2.75, 3.05) is 13.2 Å². The van der Waals surface area contributed by atoms with Crippen molar-refractivity contribution >= 4 is 0 Å². The fraction of sp³-hybridized carbons (Fsp3) is 0.375. The van der Waals surface area contributed by atoms with Crippen molar-refractivity contribution in [3.05, 3.63) is 60.1 Å². The Hall–Kier alpha value is -1.58. The summed E-state index contributed by atoms with van der Waals surface area (Å²) >= 11 is 0. The quantitative estimate of drug-likeness (QED) is 0.827. The van der Waals surface area contributed by atoms with Gasteiger partial charge in [-0.15, -0.1) is 0 Å². The Morgan fingerprint density at radius 2 is 1.95 bits per heavy atom. The monoisotopic (exact) mass is 259 g/mol. The van der Waals surface area contributed by atoms with Crippen LogP contribution in [0.3, 0.4) is 0 Å². The minimum atomic E-state index is 0.0686. The van der Waals surface area contributed by atoms with Crippen molar-refractivity contribution in [1.82, 2.24) is 5.32 Å². The third-order valence-corrected chi connectivity index (χ3v) is 3.02. The SMILES string of the molecule is CCOC(C)CNC(c1ccccc1)c1ccco1. The summed E-state index contributed by atoms with van der Waals surface area (Å²) in [5.41, 5.74) is 1.20. The third kappa shape index (κ3) is 3.94. The Kier molecular flexibility index (Phi) is 5.19. The summed E-state index contributed by atoms with van der Waals surface area (Å²) in [6.45, 7) is 5.60. The van der Waals surface area contributed by atoms with Crippen molar-refractivity contribution in [3.8, 4) is 0 Å². The Morgan fingerprint density at radius 3 is 2.58 bits per heavy atom. The second-order valence-electron chi connectivity index (χ2n) is 4.53. The van der Waals surface area contributed by atoms with Crippen LogP contribution in [0.15, 0.2) is 53.1 Å². The van der Waals surface area contributed by atoms with Gasteiger partial charge in [0.1, 0.15) is 5.76 Å². The molecule has 1 heterocycles. The average Bonchev–Trinajstić information content (AvgIpc) is 2.94. The molecule has 0 saturated heterocycles. The largest absolute Gasteiger partial charge is 0.467 e. The number of benzene rings is 1. The molecular formula is C16H21NO2. The number of furan rings is 1. The van der Waals surface area contributed by atoms with Crippen molar-refractivity contribution in [1.29, 1.82) is 0 Å². The molecule has 0 aliphatic rings. The second kappa shape index (κ2) is 7.12. The van der Waals surface area contributed by atoms with Crippen molar-refractivity contribution in [2.24, 2.45) is 0 Å². The van der Waals surface area contributed by atoms with Gasteiger partial charge in [-0.25, -0.2) is 0 Å². The fourth-order valence-corrected chi connectivity index (χ4v) is 2.11. The molecule has 19 heavy (non-hydrogen) atoms. The summed E-state index contributed by atoms with van der Waals surface area (Å²) < 4.78 is 11.1. The van der Waals surface area contributed by atoms with Crippen LogP contribution in [0.1, 0.15) is 31.2 Å². The van der Waals surface area contributed by atoms with Gasteiger partial charge in [-0.2, -0.15) is 0 Å². The van der Waals surface area contributed by atoms with Gasteiger partial charge in [0, 0.05) is 13.2 Å². The number of hydrogen-bond donors (Lipinski definition) is 1.